The molecule has 256 valence electrons. The highest BCUT2D eigenvalue weighted by molar-refractivity contribution is 7.48. The standard InChI is InChI=1S/C40H40N3O6P/c1-28-38(29(2)49-43-28)33-15-13-30(14-16-33)24-42-39(44)40(20-21-40)35-17-18-37-36(23-35)34(25-41-37)19-22-46-50(45,47-26-31-9-5-3-6-10-31)48-27-32-11-7-4-8-12-32/h3-18,23,25,41H,19-22,24,26-27H2,1-2H3,(H,42,44). The van der Waals surface area contributed by atoms with E-state index >= 15 is 0 Å². The third-order valence-corrected chi connectivity index (χ3v) is 10.7. The molecule has 7 rings (SSSR count). The van der Waals surface area contributed by atoms with E-state index in [2.05, 4.69) is 21.5 Å². The summed E-state index contributed by atoms with van der Waals surface area (Å²) in [6.45, 7) is 4.60. The number of fused-ring (bicyclic) bond motifs is 1. The van der Waals surface area contributed by atoms with Gasteiger partial charge in [-0.3, -0.25) is 18.4 Å². The fourth-order valence-electron chi connectivity index (χ4n) is 6.33. The Labute approximate surface area is 291 Å². The number of phosphoric acid groups is 1. The van der Waals surface area contributed by atoms with E-state index in [1.165, 1.54) is 0 Å². The van der Waals surface area contributed by atoms with Crippen molar-refractivity contribution in [2.24, 2.45) is 0 Å². The number of amides is 1. The quantitative estimate of drug-likeness (QED) is 0.104. The molecule has 0 radical (unpaired) electrons. The molecule has 6 aromatic rings. The maximum absolute atomic E-state index is 13.8. The second-order valence-electron chi connectivity index (χ2n) is 12.8. The van der Waals surface area contributed by atoms with Crippen molar-refractivity contribution in [3.05, 3.63) is 149 Å². The number of nitrogens with zero attached hydrogens (tertiary/aromatic N) is 1. The number of nitrogens with one attached hydrogen (secondary N) is 2. The van der Waals surface area contributed by atoms with Crippen LogP contribution in [0.5, 0.6) is 0 Å². The van der Waals surface area contributed by atoms with E-state index in [1.54, 1.807) is 0 Å². The number of hydrogen-bond donors (Lipinski definition) is 2. The lowest BCUT2D eigenvalue weighted by Crippen LogP contribution is -2.34. The molecule has 2 aromatic heterocycles. The van der Waals surface area contributed by atoms with E-state index in [-0.39, 0.29) is 25.7 Å². The van der Waals surface area contributed by atoms with Gasteiger partial charge in [0.05, 0.1) is 30.9 Å². The topological polar surface area (TPSA) is 116 Å². The van der Waals surface area contributed by atoms with Crippen molar-refractivity contribution >= 4 is 24.6 Å². The van der Waals surface area contributed by atoms with E-state index < -0.39 is 13.2 Å². The molecule has 9 nitrogen and oxygen atoms in total. The van der Waals surface area contributed by atoms with E-state index in [9.17, 15) is 9.36 Å². The van der Waals surface area contributed by atoms with Gasteiger partial charge in [-0.2, -0.15) is 0 Å². The number of H-pyrrole nitrogens is 1. The van der Waals surface area contributed by atoms with E-state index in [4.69, 9.17) is 18.1 Å². The van der Waals surface area contributed by atoms with Crippen LogP contribution in [0, 0.1) is 13.8 Å². The first kappa shape index (κ1) is 33.7. The zero-order chi connectivity index (χ0) is 34.6. The Kier molecular flexibility index (Phi) is 9.83. The number of benzene rings is 4. The van der Waals surface area contributed by atoms with Gasteiger partial charge in [0.1, 0.15) is 5.76 Å². The van der Waals surface area contributed by atoms with Crippen LogP contribution in [0.1, 0.15) is 52.1 Å². The van der Waals surface area contributed by atoms with E-state index in [0.29, 0.717) is 13.0 Å². The number of aromatic nitrogens is 2. The first-order chi connectivity index (χ1) is 24.3. The average Bonchev–Trinajstić information content (AvgIpc) is 3.77. The first-order valence-corrected chi connectivity index (χ1v) is 18.3. The third-order valence-electron chi connectivity index (χ3n) is 9.32. The second kappa shape index (κ2) is 14.6. The highest BCUT2D eigenvalue weighted by atomic mass is 31.2. The number of rotatable bonds is 15. The van der Waals surface area contributed by atoms with Crippen LogP contribution in [0.25, 0.3) is 22.0 Å². The Bertz CT molecular complexity index is 2050. The van der Waals surface area contributed by atoms with Crippen molar-refractivity contribution < 1.29 is 27.5 Å². The molecule has 0 aliphatic heterocycles. The second-order valence-corrected chi connectivity index (χ2v) is 14.5. The van der Waals surface area contributed by atoms with Crippen molar-refractivity contribution in [2.75, 3.05) is 6.61 Å². The minimum absolute atomic E-state index is 0.0270. The van der Waals surface area contributed by atoms with Crippen LogP contribution in [0.15, 0.2) is 114 Å². The number of carbonyl (C=O) groups excluding carboxylic acids is 1. The highest BCUT2D eigenvalue weighted by Crippen LogP contribution is 2.51. The molecule has 0 saturated heterocycles. The number of carbonyl (C=O) groups is 1. The van der Waals surface area contributed by atoms with Crippen LogP contribution >= 0.6 is 7.82 Å². The molecule has 0 bridgehead atoms. The molecule has 0 unspecified atom stereocenters. The zero-order valence-corrected chi connectivity index (χ0v) is 29.1. The van der Waals surface area contributed by atoms with Gasteiger partial charge in [-0.05, 0) is 78.6 Å². The van der Waals surface area contributed by atoms with Gasteiger partial charge in [-0.15, -0.1) is 0 Å². The van der Waals surface area contributed by atoms with Gasteiger partial charge < -0.3 is 14.8 Å². The number of aryl methyl sites for hydroxylation is 2. The molecule has 4 aromatic carbocycles. The highest BCUT2D eigenvalue weighted by Gasteiger charge is 2.51. The van der Waals surface area contributed by atoms with Crippen LogP contribution < -0.4 is 5.32 Å². The molecular weight excluding hydrogens is 649 g/mol. The molecule has 2 heterocycles. The Morgan fingerprint density at radius 1 is 0.860 bits per heavy atom. The summed E-state index contributed by atoms with van der Waals surface area (Å²) in [5.74, 6) is 0.814. The Balaban J connectivity index is 0.995. The fraction of sp³-hybridized carbons (Fsp3) is 0.250. The smallest absolute Gasteiger partial charge is 0.361 e. The summed E-state index contributed by atoms with van der Waals surface area (Å²) in [5, 5.41) is 8.23. The van der Waals surface area contributed by atoms with E-state index in [0.717, 1.165) is 74.1 Å². The number of phosphoric ester groups is 1. The molecule has 1 saturated carbocycles. The van der Waals surface area contributed by atoms with Crippen LogP contribution in [0.4, 0.5) is 0 Å². The number of hydrogen-bond acceptors (Lipinski definition) is 7. The Hall–Kier alpha value is -4.79. The van der Waals surface area contributed by atoms with Crippen LogP contribution in [0.3, 0.4) is 0 Å². The van der Waals surface area contributed by atoms with Crippen LogP contribution in [-0.4, -0.2) is 22.7 Å². The molecule has 2 N–H and O–H groups in total. The minimum Gasteiger partial charge on any atom is -0.361 e. The molecule has 1 aliphatic rings. The Morgan fingerprint density at radius 3 is 2.12 bits per heavy atom. The zero-order valence-electron chi connectivity index (χ0n) is 28.2. The van der Waals surface area contributed by atoms with E-state index in [1.807, 2.05) is 117 Å². The molecule has 1 aliphatic carbocycles. The van der Waals surface area contributed by atoms with Gasteiger partial charge in [-0.25, -0.2) is 4.57 Å². The summed E-state index contributed by atoms with van der Waals surface area (Å²) >= 11 is 0. The van der Waals surface area contributed by atoms with Gasteiger partial charge >= 0.3 is 7.82 Å². The number of aromatic amines is 1. The summed E-state index contributed by atoms with van der Waals surface area (Å²) in [4.78, 5) is 16.9. The molecule has 1 fully saturated rings. The summed E-state index contributed by atoms with van der Waals surface area (Å²) in [5.41, 5.74) is 8.05. The lowest BCUT2D eigenvalue weighted by atomic mass is 9.93. The average molecular weight is 690 g/mol. The van der Waals surface area contributed by atoms with Crippen LogP contribution in [0.2, 0.25) is 0 Å². The summed E-state index contributed by atoms with van der Waals surface area (Å²) in [6, 6.07) is 33.3. The first-order valence-electron chi connectivity index (χ1n) is 16.8. The molecular formula is C40H40N3O6P. The molecule has 0 spiro atoms. The normalized spacial score (nSPS) is 13.8. The molecule has 50 heavy (non-hydrogen) atoms. The largest absolute Gasteiger partial charge is 0.475 e. The van der Waals surface area contributed by atoms with Crippen molar-refractivity contribution in [3.63, 3.8) is 0 Å². The van der Waals surface area contributed by atoms with Gasteiger partial charge in [0.15, 0.2) is 0 Å². The maximum atomic E-state index is 13.8. The monoisotopic (exact) mass is 689 g/mol. The van der Waals surface area contributed by atoms with Gasteiger partial charge in [0.25, 0.3) is 0 Å². The van der Waals surface area contributed by atoms with Gasteiger partial charge in [0, 0.05) is 29.2 Å². The minimum atomic E-state index is -3.89. The predicted molar refractivity (Wildman–Crippen MR) is 192 cm³/mol. The third kappa shape index (κ3) is 7.52. The lowest BCUT2D eigenvalue weighted by Gasteiger charge is -2.18. The van der Waals surface area contributed by atoms with Crippen molar-refractivity contribution in [2.45, 2.75) is 58.3 Å². The van der Waals surface area contributed by atoms with Gasteiger partial charge in [-0.1, -0.05) is 96.2 Å². The molecule has 10 heteroatoms. The lowest BCUT2D eigenvalue weighted by molar-refractivity contribution is -0.123. The van der Waals surface area contributed by atoms with Crippen molar-refractivity contribution in [1.82, 2.24) is 15.5 Å². The maximum Gasteiger partial charge on any atom is 0.475 e. The van der Waals surface area contributed by atoms with Crippen LogP contribution in [-0.2, 0) is 54.5 Å². The summed E-state index contributed by atoms with van der Waals surface area (Å²) in [6.07, 6.45) is 3.99. The summed E-state index contributed by atoms with van der Waals surface area (Å²) < 4.78 is 36.5. The summed E-state index contributed by atoms with van der Waals surface area (Å²) in [7, 11) is -3.89. The van der Waals surface area contributed by atoms with Gasteiger partial charge in [0.2, 0.25) is 5.91 Å². The SMILES string of the molecule is Cc1noc(C)c1-c1ccc(CNC(=O)C2(c3ccc4[nH]cc(CCOP(=O)(OCc5ccccc5)OCc5ccccc5)c4c3)CC2)cc1. The predicted octanol–water partition coefficient (Wildman–Crippen LogP) is 8.89. The van der Waals surface area contributed by atoms with Crippen molar-refractivity contribution in [1.29, 1.82) is 0 Å². The van der Waals surface area contributed by atoms with Crippen molar-refractivity contribution in [3.8, 4) is 11.1 Å². The molecule has 0 atom stereocenters. The fourth-order valence-corrected chi connectivity index (χ4v) is 7.48. The molecule has 1 amide bonds. The Morgan fingerprint density at radius 2 is 1.52 bits per heavy atom.